The third kappa shape index (κ3) is 3.95. The van der Waals surface area contributed by atoms with E-state index in [0.29, 0.717) is 16.6 Å². The summed E-state index contributed by atoms with van der Waals surface area (Å²) in [5.41, 5.74) is 1.47. The van der Waals surface area contributed by atoms with Gasteiger partial charge in [0.05, 0.1) is 0 Å². The summed E-state index contributed by atoms with van der Waals surface area (Å²) in [6, 6.07) is 3.69. The first kappa shape index (κ1) is 15.3. The van der Waals surface area contributed by atoms with Gasteiger partial charge < -0.3 is 5.32 Å². The molecule has 110 valence electrons. The van der Waals surface area contributed by atoms with Crippen LogP contribution in [0.3, 0.4) is 0 Å². The van der Waals surface area contributed by atoms with E-state index in [1.54, 1.807) is 6.07 Å². The van der Waals surface area contributed by atoms with E-state index in [2.05, 4.69) is 17.2 Å². The molecule has 1 atom stereocenters. The highest BCUT2D eigenvalue weighted by Gasteiger charge is 2.22. The fraction of sp³-hybridized carbons (Fsp3) is 0.625. The highest BCUT2D eigenvalue weighted by atomic mass is 35.5. The first-order valence-corrected chi connectivity index (χ1v) is 7.95. The van der Waals surface area contributed by atoms with Gasteiger partial charge in [-0.2, -0.15) is 0 Å². The average molecular weight is 295 g/mol. The van der Waals surface area contributed by atoms with Gasteiger partial charge in [-0.15, -0.1) is 0 Å². The zero-order chi connectivity index (χ0) is 14.5. The molecule has 1 N–H and O–H groups in total. The van der Waals surface area contributed by atoms with Crippen LogP contribution in [-0.2, 0) is 6.42 Å². The number of hydrogen-bond donors (Lipinski definition) is 1. The molecule has 1 aromatic heterocycles. The number of hydrogen-bond acceptors (Lipinski definition) is 2. The minimum Gasteiger partial charge on any atom is -0.349 e. The molecule has 0 saturated heterocycles. The quantitative estimate of drug-likeness (QED) is 0.853. The lowest BCUT2D eigenvalue weighted by Gasteiger charge is -2.28. The molecular weight excluding hydrogens is 272 g/mol. The van der Waals surface area contributed by atoms with Crippen molar-refractivity contribution in [2.45, 2.75) is 58.4 Å². The summed E-state index contributed by atoms with van der Waals surface area (Å²) in [5, 5.41) is 3.51. The van der Waals surface area contributed by atoms with Crippen LogP contribution < -0.4 is 5.32 Å². The van der Waals surface area contributed by atoms with Crippen LogP contribution in [0, 0.1) is 5.92 Å². The SMILES string of the molecule is CCc1cc(C(=O)NC(C)C2CCCCC2)cc(Cl)n1. The molecule has 3 nitrogen and oxygen atoms in total. The summed E-state index contributed by atoms with van der Waals surface area (Å²) < 4.78 is 0. The van der Waals surface area contributed by atoms with Gasteiger partial charge in [0, 0.05) is 17.3 Å². The molecule has 1 fully saturated rings. The van der Waals surface area contributed by atoms with Crippen LogP contribution in [0.4, 0.5) is 0 Å². The highest BCUT2D eigenvalue weighted by molar-refractivity contribution is 6.29. The Morgan fingerprint density at radius 1 is 1.40 bits per heavy atom. The van der Waals surface area contributed by atoms with E-state index >= 15 is 0 Å². The maximum Gasteiger partial charge on any atom is 0.251 e. The number of rotatable bonds is 4. The first-order valence-electron chi connectivity index (χ1n) is 7.57. The average Bonchev–Trinajstić information content (AvgIpc) is 2.47. The van der Waals surface area contributed by atoms with E-state index in [1.807, 2.05) is 13.0 Å². The molecular formula is C16H23ClN2O. The van der Waals surface area contributed by atoms with E-state index in [0.717, 1.165) is 12.1 Å². The highest BCUT2D eigenvalue weighted by Crippen LogP contribution is 2.26. The lowest BCUT2D eigenvalue weighted by molar-refractivity contribution is 0.0919. The summed E-state index contributed by atoms with van der Waals surface area (Å²) in [6.07, 6.45) is 7.12. The largest absolute Gasteiger partial charge is 0.349 e. The third-order valence-electron chi connectivity index (χ3n) is 4.19. The molecule has 20 heavy (non-hydrogen) atoms. The van der Waals surface area contributed by atoms with Gasteiger partial charge in [0.25, 0.3) is 5.91 Å². The number of carbonyl (C=O) groups is 1. The number of halogens is 1. The molecule has 1 aliphatic rings. The van der Waals surface area contributed by atoms with Crippen molar-refractivity contribution in [1.82, 2.24) is 10.3 Å². The predicted octanol–water partition coefficient (Wildman–Crippen LogP) is 4.00. The van der Waals surface area contributed by atoms with Crippen molar-refractivity contribution in [3.8, 4) is 0 Å². The number of aryl methyl sites for hydroxylation is 1. The second kappa shape index (κ2) is 7.07. The molecule has 0 radical (unpaired) electrons. The van der Waals surface area contributed by atoms with Gasteiger partial charge in [-0.3, -0.25) is 4.79 Å². The summed E-state index contributed by atoms with van der Waals surface area (Å²) in [7, 11) is 0. The van der Waals surface area contributed by atoms with E-state index in [9.17, 15) is 4.79 Å². The number of carbonyl (C=O) groups excluding carboxylic acids is 1. The third-order valence-corrected chi connectivity index (χ3v) is 4.38. The summed E-state index contributed by atoms with van der Waals surface area (Å²) in [4.78, 5) is 16.5. The molecule has 1 aromatic rings. The topological polar surface area (TPSA) is 42.0 Å². The fourth-order valence-corrected chi connectivity index (χ4v) is 3.13. The minimum atomic E-state index is -0.0397. The fourth-order valence-electron chi connectivity index (χ4n) is 2.91. The first-order chi connectivity index (χ1) is 9.60. The van der Waals surface area contributed by atoms with Crippen molar-refractivity contribution in [1.29, 1.82) is 0 Å². The Bertz CT molecular complexity index is 470. The van der Waals surface area contributed by atoms with E-state index in [1.165, 1.54) is 32.1 Å². The normalized spacial score (nSPS) is 17.8. The van der Waals surface area contributed by atoms with Gasteiger partial charge in [0.1, 0.15) is 5.15 Å². The van der Waals surface area contributed by atoms with E-state index in [-0.39, 0.29) is 11.9 Å². The van der Waals surface area contributed by atoms with Crippen molar-refractivity contribution < 1.29 is 4.79 Å². The van der Waals surface area contributed by atoms with Crippen LogP contribution in [0.15, 0.2) is 12.1 Å². The van der Waals surface area contributed by atoms with Gasteiger partial charge >= 0.3 is 0 Å². The zero-order valence-electron chi connectivity index (χ0n) is 12.3. The van der Waals surface area contributed by atoms with Gasteiger partial charge in [-0.05, 0) is 44.2 Å². The van der Waals surface area contributed by atoms with Gasteiger partial charge in [0.2, 0.25) is 0 Å². The Kier molecular flexibility index (Phi) is 5.41. The molecule has 0 aromatic carbocycles. The molecule has 1 saturated carbocycles. The molecule has 1 unspecified atom stereocenters. The number of aromatic nitrogens is 1. The second-order valence-electron chi connectivity index (χ2n) is 5.68. The summed E-state index contributed by atoms with van der Waals surface area (Å²) in [5.74, 6) is 0.567. The number of nitrogens with zero attached hydrogens (tertiary/aromatic N) is 1. The Balaban J connectivity index is 2.01. The van der Waals surface area contributed by atoms with Crippen LogP contribution in [0.2, 0.25) is 5.15 Å². The Labute approximate surface area is 126 Å². The lowest BCUT2D eigenvalue weighted by atomic mass is 9.84. The number of nitrogens with one attached hydrogen (secondary N) is 1. The van der Waals surface area contributed by atoms with Crippen molar-refractivity contribution in [3.63, 3.8) is 0 Å². The standard InChI is InChI=1S/C16H23ClN2O/c1-3-14-9-13(10-15(17)19-14)16(20)18-11(2)12-7-5-4-6-8-12/h9-12H,3-8H2,1-2H3,(H,18,20). The van der Waals surface area contributed by atoms with Crippen molar-refractivity contribution in [2.24, 2.45) is 5.92 Å². The molecule has 1 aliphatic carbocycles. The van der Waals surface area contributed by atoms with Crippen LogP contribution in [0.5, 0.6) is 0 Å². The van der Waals surface area contributed by atoms with Crippen LogP contribution in [-0.4, -0.2) is 16.9 Å². The zero-order valence-corrected chi connectivity index (χ0v) is 13.0. The molecule has 0 aliphatic heterocycles. The maximum atomic E-state index is 12.3. The Morgan fingerprint density at radius 2 is 2.10 bits per heavy atom. The number of pyridine rings is 1. The van der Waals surface area contributed by atoms with Crippen LogP contribution in [0.25, 0.3) is 0 Å². The van der Waals surface area contributed by atoms with Crippen molar-refractivity contribution in [2.75, 3.05) is 0 Å². The molecule has 0 spiro atoms. The van der Waals surface area contributed by atoms with Crippen molar-refractivity contribution >= 4 is 17.5 Å². The Hall–Kier alpha value is -1.09. The van der Waals surface area contributed by atoms with Gasteiger partial charge in [-0.1, -0.05) is 37.8 Å². The molecule has 2 rings (SSSR count). The predicted molar refractivity (Wildman–Crippen MR) is 82.1 cm³/mol. The molecule has 1 amide bonds. The van der Waals surface area contributed by atoms with Crippen molar-refractivity contribution in [3.05, 3.63) is 28.5 Å². The smallest absolute Gasteiger partial charge is 0.251 e. The minimum absolute atomic E-state index is 0.0397. The molecule has 4 heteroatoms. The lowest BCUT2D eigenvalue weighted by Crippen LogP contribution is -2.38. The van der Waals surface area contributed by atoms with E-state index in [4.69, 9.17) is 11.6 Å². The van der Waals surface area contributed by atoms with E-state index < -0.39 is 0 Å². The second-order valence-corrected chi connectivity index (χ2v) is 6.07. The monoisotopic (exact) mass is 294 g/mol. The molecule has 1 heterocycles. The number of amides is 1. The van der Waals surface area contributed by atoms with Crippen LogP contribution >= 0.6 is 11.6 Å². The van der Waals surface area contributed by atoms with Gasteiger partial charge in [0.15, 0.2) is 0 Å². The summed E-state index contributed by atoms with van der Waals surface area (Å²) in [6.45, 7) is 4.11. The summed E-state index contributed by atoms with van der Waals surface area (Å²) >= 11 is 5.97. The maximum absolute atomic E-state index is 12.3. The van der Waals surface area contributed by atoms with Crippen LogP contribution in [0.1, 0.15) is 62.0 Å². The molecule has 0 bridgehead atoms. The van der Waals surface area contributed by atoms with Gasteiger partial charge in [-0.25, -0.2) is 4.98 Å². The Morgan fingerprint density at radius 3 is 2.75 bits per heavy atom.